The predicted molar refractivity (Wildman–Crippen MR) is 90.9 cm³/mol. The van der Waals surface area contributed by atoms with Crippen molar-refractivity contribution in [3.63, 3.8) is 0 Å². The Morgan fingerprint density at radius 2 is 1.78 bits per heavy atom. The Morgan fingerprint density at radius 3 is 2.48 bits per heavy atom. The van der Waals surface area contributed by atoms with Crippen LogP contribution in [0.2, 0.25) is 0 Å². The molecule has 0 aliphatic rings. The van der Waals surface area contributed by atoms with Gasteiger partial charge in [-0.1, -0.05) is 49.4 Å². The molecule has 0 heterocycles. The zero-order chi connectivity index (χ0) is 16.5. The second kappa shape index (κ2) is 8.96. The van der Waals surface area contributed by atoms with Crippen LogP contribution in [0.1, 0.15) is 29.3 Å². The molecule has 0 fully saturated rings. The number of nitrogens with zero attached hydrogens (tertiary/aromatic N) is 1. The number of para-hydroxylation sites is 1. The summed E-state index contributed by atoms with van der Waals surface area (Å²) in [6.45, 7) is 5.46. The zero-order valence-corrected chi connectivity index (χ0v) is 13.4. The summed E-state index contributed by atoms with van der Waals surface area (Å²) in [6, 6.07) is 17.1. The maximum absolute atomic E-state index is 11.1. The number of carbonyl (C=O) groups is 1. The van der Waals surface area contributed by atoms with Crippen molar-refractivity contribution in [2.45, 2.75) is 19.9 Å². The number of hydrogen-bond acceptors (Lipinski definition) is 3. The summed E-state index contributed by atoms with van der Waals surface area (Å²) in [5.41, 5.74) is 1.51. The molecule has 2 aromatic carbocycles. The molecule has 122 valence electrons. The van der Waals surface area contributed by atoms with Crippen LogP contribution in [0.5, 0.6) is 5.75 Å². The minimum absolute atomic E-state index is 0.212. The van der Waals surface area contributed by atoms with E-state index in [1.165, 1.54) is 5.56 Å². The van der Waals surface area contributed by atoms with E-state index < -0.39 is 5.97 Å². The first kappa shape index (κ1) is 17.0. The van der Waals surface area contributed by atoms with Gasteiger partial charge in [-0.2, -0.15) is 0 Å². The molecule has 0 saturated carbocycles. The van der Waals surface area contributed by atoms with Gasteiger partial charge in [0.05, 0.1) is 6.61 Å². The van der Waals surface area contributed by atoms with Crippen LogP contribution in [0.15, 0.2) is 54.6 Å². The monoisotopic (exact) mass is 313 g/mol. The highest BCUT2D eigenvalue weighted by molar-refractivity contribution is 5.90. The number of carboxylic acid groups (broad SMARTS) is 1. The summed E-state index contributed by atoms with van der Waals surface area (Å²) in [4.78, 5) is 13.5. The molecule has 0 bridgehead atoms. The molecule has 0 amide bonds. The predicted octanol–water partition coefficient (Wildman–Crippen LogP) is 3.68. The van der Waals surface area contributed by atoms with Crippen LogP contribution in [-0.2, 0) is 6.54 Å². The van der Waals surface area contributed by atoms with Gasteiger partial charge in [0.1, 0.15) is 11.3 Å². The average molecular weight is 313 g/mol. The van der Waals surface area contributed by atoms with Crippen molar-refractivity contribution in [1.82, 2.24) is 4.90 Å². The van der Waals surface area contributed by atoms with E-state index in [1.807, 2.05) is 6.07 Å². The minimum atomic E-state index is -0.958. The molecule has 4 heteroatoms. The van der Waals surface area contributed by atoms with Crippen LogP contribution in [0.25, 0.3) is 0 Å². The van der Waals surface area contributed by atoms with Crippen LogP contribution in [-0.4, -0.2) is 35.7 Å². The van der Waals surface area contributed by atoms with Gasteiger partial charge >= 0.3 is 5.97 Å². The van der Waals surface area contributed by atoms with Gasteiger partial charge in [0, 0.05) is 13.1 Å². The molecule has 0 spiro atoms. The van der Waals surface area contributed by atoms with Crippen LogP contribution < -0.4 is 4.74 Å². The van der Waals surface area contributed by atoms with Crippen LogP contribution in [0, 0.1) is 0 Å². The Balaban J connectivity index is 1.79. The van der Waals surface area contributed by atoms with E-state index in [0.717, 1.165) is 26.1 Å². The lowest BCUT2D eigenvalue weighted by Crippen LogP contribution is -2.25. The Labute approximate surface area is 137 Å². The molecular weight excluding hydrogens is 290 g/mol. The highest BCUT2D eigenvalue weighted by atomic mass is 16.5. The summed E-state index contributed by atoms with van der Waals surface area (Å²) >= 11 is 0. The van der Waals surface area contributed by atoms with E-state index in [1.54, 1.807) is 24.3 Å². The molecule has 23 heavy (non-hydrogen) atoms. The van der Waals surface area contributed by atoms with Crippen LogP contribution >= 0.6 is 0 Å². The number of ether oxygens (including phenoxy) is 1. The highest BCUT2D eigenvalue weighted by Crippen LogP contribution is 2.18. The van der Waals surface area contributed by atoms with Gasteiger partial charge in [0.15, 0.2) is 0 Å². The second-order valence-corrected chi connectivity index (χ2v) is 5.36. The Hall–Kier alpha value is -2.33. The lowest BCUT2D eigenvalue weighted by Gasteiger charge is -2.20. The third-order valence-corrected chi connectivity index (χ3v) is 3.69. The lowest BCUT2D eigenvalue weighted by molar-refractivity contribution is 0.0692. The van der Waals surface area contributed by atoms with Crippen molar-refractivity contribution in [1.29, 1.82) is 0 Å². The molecule has 0 aromatic heterocycles. The third-order valence-electron chi connectivity index (χ3n) is 3.69. The summed E-state index contributed by atoms with van der Waals surface area (Å²) in [5.74, 6) is -0.522. The maximum Gasteiger partial charge on any atom is 0.339 e. The first-order valence-electron chi connectivity index (χ1n) is 7.92. The molecule has 4 nitrogen and oxygen atoms in total. The van der Waals surface area contributed by atoms with Gasteiger partial charge in [-0.25, -0.2) is 4.79 Å². The van der Waals surface area contributed by atoms with Crippen molar-refractivity contribution in [2.24, 2.45) is 0 Å². The summed E-state index contributed by atoms with van der Waals surface area (Å²) in [6.07, 6.45) is 0.856. The van der Waals surface area contributed by atoms with E-state index >= 15 is 0 Å². The lowest BCUT2D eigenvalue weighted by atomic mass is 10.2. The van der Waals surface area contributed by atoms with Crippen molar-refractivity contribution in [3.8, 4) is 5.75 Å². The van der Waals surface area contributed by atoms with Crippen molar-refractivity contribution in [2.75, 3.05) is 19.7 Å². The molecule has 0 saturated heterocycles. The van der Waals surface area contributed by atoms with Gasteiger partial charge in [-0.05, 0) is 30.7 Å². The fraction of sp³-hybridized carbons (Fsp3) is 0.316. The van der Waals surface area contributed by atoms with Gasteiger partial charge in [-0.3, -0.25) is 4.90 Å². The van der Waals surface area contributed by atoms with Crippen LogP contribution in [0.4, 0.5) is 0 Å². The smallest absolute Gasteiger partial charge is 0.339 e. The number of aromatic carboxylic acids is 1. The van der Waals surface area contributed by atoms with E-state index in [4.69, 9.17) is 9.84 Å². The van der Waals surface area contributed by atoms with Gasteiger partial charge in [0.2, 0.25) is 0 Å². The fourth-order valence-electron chi connectivity index (χ4n) is 2.43. The quantitative estimate of drug-likeness (QED) is 0.718. The van der Waals surface area contributed by atoms with E-state index in [2.05, 4.69) is 36.1 Å². The molecule has 0 aliphatic carbocycles. The molecule has 2 rings (SSSR count). The Bertz CT molecular complexity index is 613. The standard InChI is InChI=1S/C19H23NO3/c1-2-20(15-16-9-4-3-5-10-16)13-8-14-23-18-12-7-6-11-17(18)19(21)22/h3-7,9-12H,2,8,13-15H2,1H3,(H,21,22). The normalized spacial score (nSPS) is 10.7. The molecule has 0 aliphatic heterocycles. The topological polar surface area (TPSA) is 49.8 Å². The van der Waals surface area contributed by atoms with Gasteiger partial charge in [-0.15, -0.1) is 0 Å². The molecule has 1 N–H and O–H groups in total. The molecular formula is C19H23NO3. The molecule has 0 atom stereocenters. The number of carboxylic acids is 1. The number of benzene rings is 2. The van der Waals surface area contributed by atoms with Crippen molar-refractivity contribution in [3.05, 3.63) is 65.7 Å². The zero-order valence-electron chi connectivity index (χ0n) is 13.4. The molecule has 0 unspecified atom stereocenters. The first-order chi connectivity index (χ1) is 11.2. The van der Waals surface area contributed by atoms with E-state index in [0.29, 0.717) is 12.4 Å². The fourth-order valence-corrected chi connectivity index (χ4v) is 2.43. The SMILES string of the molecule is CCN(CCCOc1ccccc1C(=O)O)Cc1ccccc1. The highest BCUT2D eigenvalue weighted by Gasteiger charge is 2.10. The summed E-state index contributed by atoms with van der Waals surface area (Å²) in [7, 11) is 0. The largest absolute Gasteiger partial charge is 0.493 e. The molecule has 0 radical (unpaired) electrons. The number of rotatable bonds is 9. The first-order valence-corrected chi connectivity index (χ1v) is 7.92. The average Bonchev–Trinajstić information content (AvgIpc) is 2.58. The minimum Gasteiger partial charge on any atom is -0.493 e. The van der Waals surface area contributed by atoms with Gasteiger partial charge in [0.25, 0.3) is 0 Å². The second-order valence-electron chi connectivity index (χ2n) is 5.36. The summed E-state index contributed by atoms with van der Waals surface area (Å²) < 4.78 is 5.64. The van der Waals surface area contributed by atoms with Gasteiger partial charge < -0.3 is 9.84 Å². The van der Waals surface area contributed by atoms with E-state index in [-0.39, 0.29) is 5.56 Å². The maximum atomic E-state index is 11.1. The van der Waals surface area contributed by atoms with E-state index in [9.17, 15) is 4.79 Å². The Kier molecular flexibility index (Phi) is 6.63. The number of hydrogen-bond donors (Lipinski definition) is 1. The molecule has 2 aromatic rings. The Morgan fingerprint density at radius 1 is 1.09 bits per heavy atom. The van der Waals surface area contributed by atoms with Crippen molar-refractivity contribution >= 4 is 5.97 Å². The summed E-state index contributed by atoms with van der Waals surface area (Å²) in [5, 5.41) is 9.12. The van der Waals surface area contributed by atoms with Crippen molar-refractivity contribution < 1.29 is 14.6 Å². The van der Waals surface area contributed by atoms with Crippen LogP contribution in [0.3, 0.4) is 0 Å². The third kappa shape index (κ3) is 5.42.